The zero-order chi connectivity index (χ0) is 23.4. The highest BCUT2D eigenvalue weighted by Crippen LogP contribution is 2.36. The van der Waals surface area contributed by atoms with Crippen LogP contribution in [0.3, 0.4) is 0 Å². The van der Waals surface area contributed by atoms with Crippen LogP contribution in [0.2, 0.25) is 5.02 Å². The van der Waals surface area contributed by atoms with E-state index in [0.717, 1.165) is 38.2 Å². The quantitative estimate of drug-likeness (QED) is 0.486. The largest absolute Gasteiger partial charge is 0.493 e. The zero-order valence-corrected chi connectivity index (χ0v) is 18.8. The number of piperazine rings is 1. The molecule has 1 atom stereocenters. The van der Waals surface area contributed by atoms with E-state index in [2.05, 4.69) is 21.0 Å². The van der Waals surface area contributed by atoms with E-state index in [9.17, 15) is 13.6 Å². The van der Waals surface area contributed by atoms with Gasteiger partial charge in [-0.25, -0.2) is 8.78 Å². The topological polar surface area (TPSA) is 80.2 Å². The fraction of sp³-hybridized carbons (Fsp3) is 0.304. The van der Waals surface area contributed by atoms with Crippen LogP contribution in [0.1, 0.15) is 16.8 Å². The maximum Gasteiger partial charge on any atom is 0.258 e. The second-order valence-electron chi connectivity index (χ2n) is 7.75. The van der Waals surface area contributed by atoms with Gasteiger partial charge < -0.3 is 20.7 Å². The predicted molar refractivity (Wildman–Crippen MR) is 123 cm³/mol. The van der Waals surface area contributed by atoms with Gasteiger partial charge in [0.05, 0.1) is 29.1 Å². The number of ether oxygens (including phenoxy) is 1. The van der Waals surface area contributed by atoms with Crippen LogP contribution < -0.4 is 20.7 Å². The molecule has 1 amide bonds. The van der Waals surface area contributed by atoms with Crippen LogP contribution in [0, 0.1) is 11.6 Å². The van der Waals surface area contributed by atoms with E-state index < -0.39 is 17.5 Å². The van der Waals surface area contributed by atoms with Crippen molar-refractivity contribution in [3.63, 3.8) is 0 Å². The van der Waals surface area contributed by atoms with Crippen molar-refractivity contribution in [2.75, 3.05) is 31.6 Å². The summed E-state index contributed by atoms with van der Waals surface area (Å²) in [6.45, 7) is 3.24. The summed E-state index contributed by atoms with van der Waals surface area (Å²) in [6.07, 6.45) is 2.34. The van der Waals surface area contributed by atoms with Crippen molar-refractivity contribution in [1.82, 2.24) is 20.4 Å². The van der Waals surface area contributed by atoms with Crippen LogP contribution in [-0.2, 0) is 7.05 Å². The van der Waals surface area contributed by atoms with E-state index in [-0.39, 0.29) is 5.56 Å². The van der Waals surface area contributed by atoms with E-state index in [1.165, 1.54) is 6.20 Å². The Balaban J connectivity index is 1.56. The number of nitrogens with one attached hydrogen (secondary N) is 3. The number of carbonyl (C=O) groups is 1. The highest BCUT2D eigenvalue weighted by atomic mass is 35.5. The maximum absolute atomic E-state index is 14.0. The smallest absolute Gasteiger partial charge is 0.258 e. The molecule has 0 radical (unpaired) electrons. The lowest BCUT2D eigenvalue weighted by atomic mass is 10.1. The van der Waals surface area contributed by atoms with Gasteiger partial charge in [-0.05, 0) is 36.8 Å². The number of aromatic nitrogens is 2. The number of rotatable bonds is 7. The van der Waals surface area contributed by atoms with Gasteiger partial charge in [0, 0.05) is 50.0 Å². The predicted octanol–water partition coefficient (Wildman–Crippen LogP) is 3.60. The molecule has 1 saturated heterocycles. The molecule has 4 rings (SSSR count). The van der Waals surface area contributed by atoms with Crippen molar-refractivity contribution in [3.8, 4) is 17.0 Å². The molecule has 7 nitrogen and oxygen atoms in total. The van der Waals surface area contributed by atoms with Crippen LogP contribution in [0.5, 0.6) is 5.75 Å². The number of amides is 1. The van der Waals surface area contributed by atoms with Gasteiger partial charge in [-0.15, -0.1) is 0 Å². The molecule has 1 unspecified atom stereocenters. The normalized spacial score (nSPS) is 15.9. The summed E-state index contributed by atoms with van der Waals surface area (Å²) in [5.41, 5.74) is 1.40. The molecule has 2 heterocycles. The fourth-order valence-electron chi connectivity index (χ4n) is 3.73. The molecule has 33 heavy (non-hydrogen) atoms. The van der Waals surface area contributed by atoms with Gasteiger partial charge in [-0.2, -0.15) is 5.10 Å². The van der Waals surface area contributed by atoms with Crippen molar-refractivity contribution in [3.05, 3.63) is 64.8 Å². The number of hydrogen-bond acceptors (Lipinski definition) is 5. The number of carbonyl (C=O) groups excluding carboxylic acids is 1. The molecule has 0 saturated carbocycles. The third-order valence-electron chi connectivity index (χ3n) is 5.41. The summed E-state index contributed by atoms with van der Waals surface area (Å²) in [6, 6.07) is 8.20. The molecule has 0 bridgehead atoms. The Bertz CT molecular complexity index is 1130. The average molecular weight is 476 g/mol. The molecule has 0 spiro atoms. The molecule has 1 fully saturated rings. The third-order valence-corrected chi connectivity index (χ3v) is 5.69. The Labute approximate surface area is 195 Å². The Hall–Kier alpha value is -3.01. The van der Waals surface area contributed by atoms with E-state index in [4.69, 9.17) is 16.3 Å². The number of nitrogens with zero attached hydrogens (tertiary/aromatic N) is 2. The van der Waals surface area contributed by atoms with Crippen molar-refractivity contribution < 1.29 is 18.3 Å². The van der Waals surface area contributed by atoms with Crippen molar-refractivity contribution in [2.45, 2.75) is 12.5 Å². The van der Waals surface area contributed by atoms with Crippen molar-refractivity contribution in [1.29, 1.82) is 0 Å². The Morgan fingerprint density at radius 3 is 2.82 bits per heavy atom. The number of aryl methyl sites for hydroxylation is 1. The second-order valence-corrected chi connectivity index (χ2v) is 8.15. The van der Waals surface area contributed by atoms with Crippen LogP contribution in [0.15, 0.2) is 42.6 Å². The zero-order valence-electron chi connectivity index (χ0n) is 18.0. The first-order valence-electron chi connectivity index (χ1n) is 10.6. The van der Waals surface area contributed by atoms with Crippen molar-refractivity contribution >= 4 is 23.2 Å². The third kappa shape index (κ3) is 5.50. The minimum atomic E-state index is -0.937. The van der Waals surface area contributed by atoms with Gasteiger partial charge in [-0.1, -0.05) is 11.6 Å². The number of hydrogen-bond donors (Lipinski definition) is 3. The molecule has 2 aromatic carbocycles. The molecule has 174 valence electrons. The SMILES string of the molecule is Cn1ncc(Cl)c1-c1cc(NC(=O)c2ccc(F)cc2F)ccc1OCCC1CNCCN1. The average Bonchev–Trinajstić information content (AvgIpc) is 3.13. The first kappa shape index (κ1) is 23.2. The maximum atomic E-state index is 14.0. The Morgan fingerprint density at radius 2 is 2.12 bits per heavy atom. The molecule has 1 aliphatic rings. The van der Waals surface area contributed by atoms with E-state index >= 15 is 0 Å². The second kappa shape index (κ2) is 10.3. The summed E-state index contributed by atoms with van der Waals surface area (Å²) >= 11 is 6.37. The number of benzene rings is 2. The van der Waals surface area contributed by atoms with Crippen LogP contribution in [0.4, 0.5) is 14.5 Å². The fourth-order valence-corrected chi connectivity index (χ4v) is 4.00. The lowest BCUT2D eigenvalue weighted by Crippen LogP contribution is -2.48. The van der Waals surface area contributed by atoms with Gasteiger partial charge in [-0.3, -0.25) is 9.48 Å². The standard InChI is InChI=1S/C23H24ClF2N5O2/c1-31-22(19(24)13-29-31)18-11-15(30-23(32)17-4-2-14(25)10-20(17)26)3-5-21(18)33-9-6-16-12-27-7-8-28-16/h2-5,10-11,13,16,27-28H,6-9,12H2,1H3,(H,30,32). The summed E-state index contributed by atoms with van der Waals surface area (Å²) in [5.74, 6) is -1.81. The lowest BCUT2D eigenvalue weighted by Gasteiger charge is -2.24. The molecule has 0 aliphatic carbocycles. The molecule has 1 aromatic heterocycles. The molecular formula is C23H24ClF2N5O2. The van der Waals surface area contributed by atoms with Crippen LogP contribution in [0.25, 0.3) is 11.3 Å². The van der Waals surface area contributed by atoms with Gasteiger partial charge in [0.25, 0.3) is 5.91 Å². The molecular weight excluding hydrogens is 452 g/mol. The first-order valence-corrected chi connectivity index (χ1v) is 11.0. The molecule has 3 aromatic rings. The molecule has 3 N–H and O–H groups in total. The first-order chi connectivity index (χ1) is 15.9. The van der Waals surface area contributed by atoms with E-state index in [1.807, 2.05) is 0 Å². The summed E-state index contributed by atoms with van der Waals surface area (Å²) in [7, 11) is 1.75. The summed E-state index contributed by atoms with van der Waals surface area (Å²) in [5, 5.41) is 14.0. The van der Waals surface area contributed by atoms with Gasteiger partial charge in [0.15, 0.2) is 0 Å². The Morgan fingerprint density at radius 1 is 1.27 bits per heavy atom. The van der Waals surface area contributed by atoms with Gasteiger partial charge in [0.1, 0.15) is 17.4 Å². The minimum absolute atomic E-state index is 0.259. The highest BCUT2D eigenvalue weighted by Gasteiger charge is 2.19. The number of halogens is 3. The van der Waals surface area contributed by atoms with Gasteiger partial charge in [0.2, 0.25) is 0 Å². The van der Waals surface area contributed by atoms with E-state index in [1.54, 1.807) is 29.9 Å². The lowest BCUT2D eigenvalue weighted by molar-refractivity contribution is 0.102. The number of anilines is 1. The molecule has 1 aliphatic heterocycles. The van der Waals surface area contributed by atoms with Crippen molar-refractivity contribution in [2.24, 2.45) is 7.05 Å². The highest BCUT2D eigenvalue weighted by molar-refractivity contribution is 6.33. The van der Waals surface area contributed by atoms with Crippen LogP contribution >= 0.6 is 11.6 Å². The Kier molecular flexibility index (Phi) is 7.22. The molecule has 10 heteroatoms. The minimum Gasteiger partial charge on any atom is -0.493 e. The van der Waals surface area contributed by atoms with Gasteiger partial charge >= 0.3 is 0 Å². The monoisotopic (exact) mass is 475 g/mol. The van der Waals surface area contributed by atoms with E-state index in [0.29, 0.717) is 46.4 Å². The van der Waals surface area contributed by atoms with Crippen LogP contribution in [-0.4, -0.2) is 48.0 Å². The summed E-state index contributed by atoms with van der Waals surface area (Å²) in [4.78, 5) is 12.5. The summed E-state index contributed by atoms with van der Waals surface area (Å²) < 4.78 is 34.9.